The largest absolute Gasteiger partial charge is 0.390 e. The van der Waals surface area contributed by atoms with E-state index < -0.39 is 13.0 Å². The molecule has 0 amide bonds. The highest BCUT2D eigenvalue weighted by Gasteiger charge is 2.18. The van der Waals surface area contributed by atoms with Crippen LogP contribution in [0, 0.1) is 10.1 Å². The van der Waals surface area contributed by atoms with Crippen LogP contribution in [-0.2, 0) is 17.3 Å². The quantitative estimate of drug-likeness (QED) is 0.255. The van der Waals surface area contributed by atoms with Crippen LogP contribution in [0.2, 0.25) is 25.7 Å². The Morgan fingerprint density at radius 2 is 2.22 bits per heavy atom. The first-order chi connectivity index (χ1) is 8.33. The van der Waals surface area contributed by atoms with Gasteiger partial charge < -0.3 is 14.9 Å². The van der Waals surface area contributed by atoms with Crippen LogP contribution in [0.25, 0.3) is 0 Å². The molecule has 0 saturated heterocycles. The average molecular weight is 292 g/mol. The molecule has 0 unspecified atom stereocenters. The summed E-state index contributed by atoms with van der Waals surface area (Å²) >= 11 is 5.70. The minimum Gasteiger partial charge on any atom is -0.358 e. The second-order valence-corrected chi connectivity index (χ2v) is 11.1. The zero-order valence-electron chi connectivity index (χ0n) is 10.9. The highest BCUT2D eigenvalue weighted by molar-refractivity contribution is 6.76. The summed E-state index contributed by atoms with van der Waals surface area (Å²) in [6.07, 6.45) is 0. The van der Waals surface area contributed by atoms with E-state index in [0.717, 1.165) is 6.04 Å². The molecule has 8 heteroatoms. The second kappa shape index (κ2) is 6.30. The standard InChI is InChI=1S/C10H18ClN3O3Si/c1-18(2,3)5-4-17-8-13-9(7-11)6-10(12-13)14(15)16/h6H,4-5,7-8H2,1-3H3. The van der Waals surface area contributed by atoms with E-state index in [4.69, 9.17) is 16.3 Å². The summed E-state index contributed by atoms with van der Waals surface area (Å²) in [5, 5.41) is 14.4. The van der Waals surface area contributed by atoms with Gasteiger partial charge in [-0.05, 0) is 11.0 Å². The topological polar surface area (TPSA) is 70.2 Å². The Hall–Kier alpha value is -0.923. The molecule has 1 aromatic rings. The van der Waals surface area contributed by atoms with Gasteiger partial charge in [0.15, 0.2) is 6.73 Å². The number of nitrogens with zero attached hydrogens (tertiary/aromatic N) is 3. The number of nitro groups is 1. The van der Waals surface area contributed by atoms with Crippen molar-refractivity contribution in [1.29, 1.82) is 0 Å². The minimum absolute atomic E-state index is 0.179. The van der Waals surface area contributed by atoms with Crippen LogP contribution in [0.5, 0.6) is 0 Å². The normalized spacial score (nSPS) is 11.8. The fourth-order valence-electron chi connectivity index (χ4n) is 1.28. The van der Waals surface area contributed by atoms with Crippen LogP contribution in [0.3, 0.4) is 0 Å². The van der Waals surface area contributed by atoms with Gasteiger partial charge in [0.1, 0.15) is 0 Å². The molecule has 0 aliphatic heterocycles. The molecule has 0 radical (unpaired) electrons. The molecule has 102 valence electrons. The predicted octanol–water partition coefficient (Wildman–Crippen LogP) is 2.84. The number of rotatable bonds is 7. The van der Waals surface area contributed by atoms with Gasteiger partial charge in [0.25, 0.3) is 0 Å². The minimum atomic E-state index is -1.12. The predicted molar refractivity (Wildman–Crippen MR) is 72.5 cm³/mol. The maximum atomic E-state index is 10.6. The van der Waals surface area contributed by atoms with Gasteiger partial charge in [-0.3, -0.25) is 0 Å². The van der Waals surface area contributed by atoms with E-state index in [-0.39, 0.29) is 18.4 Å². The van der Waals surface area contributed by atoms with Crippen molar-refractivity contribution in [2.24, 2.45) is 0 Å². The molecule has 0 bridgehead atoms. The van der Waals surface area contributed by atoms with Gasteiger partial charge in [-0.1, -0.05) is 19.6 Å². The summed E-state index contributed by atoms with van der Waals surface area (Å²) in [6, 6.07) is 2.42. The molecule has 1 aromatic heterocycles. The molecular formula is C10H18ClN3O3Si. The lowest BCUT2D eigenvalue weighted by Gasteiger charge is -2.14. The van der Waals surface area contributed by atoms with E-state index in [2.05, 4.69) is 24.7 Å². The maximum absolute atomic E-state index is 10.6. The van der Waals surface area contributed by atoms with Crippen LogP contribution in [0.15, 0.2) is 6.07 Å². The van der Waals surface area contributed by atoms with E-state index in [1.165, 1.54) is 10.7 Å². The van der Waals surface area contributed by atoms with Crippen LogP contribution in [-0.4, -0.2) is 29.4 Å². The summed E-state index contributed by atoms with van der Waals surface area (Å²) in [7, 11) is -1.12. The third-order valence-electron chi connectivity index (χ3n) is 2.38. The van der Waals surface area contributed by atoms with Crippen molar-refractivity contribution >= 4 is 25.5 Å². The fraction of sp³-hybridized carbons (Fsp3) is 0.700. The monoisotopic (exact) mass is 291 g/mol. The van der Waals surface area contributed by atoms with E-state index in [1.807, 2.05) is 0 Å². The van der Waals surface area contributed by atoms with Crippen molar-refractivity contribution in [3.05, 3.63) is 21.9 Å². The summed E-state index contributed by atoms with van der Waals surface area (Å²) < 4.78 is 6.93. The van der Waals surface area contributed by atoms with Gasteiger partial charge in [-0.15, -0.1) is 16.3 Å². The van der Waals surface area contributed by atoms with Crippen LogP contribution in [0.1, 0.15) is 5.69 Å². The molecule has 6 nitrogen and oxygen atoms in total. The van der Waals surface area contributed by atoms with E-state index >= 15 is 0 Å². The zero-order valence-corrected chi connectivity index (χ0v) is 12.6. The first-order valence-corrected chi connectivity index (χ1v) is 9.92. The van der Waals surface area contributed by atoms with E-state index in [0.29, 0.717) is 12.3 Å². The Morgan fingerprint density at radius 1 is 1.56 bits per heavy atom. The van der Waals surface area contributed by atoms with Crippen molar-refractivity contribution in [1.82, 2.24) is 9.78 Å². The van der Waals surface area contributed by atoms with Gasteiger partial charge in [-0.2, -0.15) is 0 Å². The molecule has 0 atom stereocenters. The van der Waals surface area contributed by atoms with E-state index in [1.54, 1.807) is 0 Å². The Kier molecular flexibility index (Phi) is 5.30. The number of hydrogen-bond acceptors (Lipinski definition) is 4. The molecule has 0 saturated carbocycles. The number of hydrogen-bond donors (Lipinski definition) is 0. The summed E-state index contributed by atoms with van der Waals surface area (Å²) in [5.74, 6) is -0.0162. The van der Waals surface area contributed by atoms with Crippen molar-refractivity contribution in [3.8, 4) is 0 Å². The van der Waals surface area contributed by atoms with Gasteiger partial charge in [-0.25, -0.2) is 0 Å². The SMILES string of the molecule is C[Si](C)(C)CCOCn1nc([N+](=O)[O-])cc1CCl. The number of alkyl halides is 1. The Bertz CT molecular complexity index is 417. The van der Waals surface area contributed by atoms with Crippen molar-refractivity contribution in [2.75, 3.05) is 6.61 Å². The van der Waals surface area contributed by atoms with Crippen molar-refractivity contribution in [3.63, 3.8) is 0 Å². The van der Waals surface area contributed by atoms with Gasteiger partial charge >= 0.3 is 5.82 Å². The highest BCUT2D eigenvalue weighted by Crippen LogP contribution is 2.14. The molecule has 1 rings (SSSR count). The third kappa shape index (κ3) is 4.75. The molecular weight excluding hydrogens is 274 g/mol. The lowest BCUT2D eigenvalue weighted by molar-refractivity contribution is -0.389. The van der Waals surface area contributed by atoms with E-state index in [9.17, 15) is 10.1 Å². The highest BCUT2D eigenvalue weighted by atomic mass is 35.5. The fourth-order valence-corrected chi connectivity index (χ4v) is 2.25. The molecule has 0 aromatic carbocycles. The molecule has 0 spiro atoms. The number of halogens is 1. The van der Waals surface area contributed by atoms with Crippen molar-refractivity contribution < 1.29 is 9.66 Å². The Morgan fingerprint density at radius 3 is 2.72 bits per heavy atom. The first kappa shape index (κ1) is 15.1. The van der Waals surface area contributed by atoms with Gasteiger partial charge in [0, 0.05) is 14.7 Å². The second-order valence-electron chi connectivity index (χ2n) is 5.23. The lowest BCUT2D eigenvalue weighted by atomic mass is 10.5. The lowest BCUT2D eigenvalue weighted by Crippen LogP contribution is -2.22. The third-order valence-corrected chi connectivity index (χ3v) is 4.36. The van der Waals surface area contributed by atoms with Crippen LogP contribution >= 0.6 is 11.6 Å². The van der Waals surface area contributed by atoms with Gasteiger partial charge in [0.05, 0.1) is 22.7 Å². The Balaban J connectivity index is 2.53. The molecule has 1 heterocycles. The smallest absolute Gasteiger partial charge is 0.358 e. The summed E-state index contributed by atoms with van der Waals surface area (Å²) in [6.45, 7) is 7.64. The number of ether oxygens (including phenoxy) is 1. The molecule has 18 heavy (non-hydrogen) atoms. The van der Waals surface area contributed by atoms with Crippen molar-refractivity contribution in [2.45, 2.75) is 38.3 Å². The zero-order chi connectivity index (χ0) is 13.8. The van der Waals surface area contributed by atoms with Crippen LogP contribution < -0.4 is 0 Å². The summed E-state index contributed by atoms with van der Waals surface area (Å²) in [5.41, 5.74) is 0.594. The first-order valence-electron chi connectivity index (χ1n) is 5.68. The molecule has 0 fully saturated rings. The molecule has 0 aliphatic carbocycles. The molecule has 0 aliphatic rings. The maximum Gasteiger partial charge on any atom is 0.390 e. The average Bonchev–Trinajstić information content (AvgIpc) is 2.66. The number of aromatic nitrogens is 2. The molecule has 0 N–H and O–H groups in total. The van der Waals surface area contributed by atoms with Gasteiger partial charge in [0.2, 0.25) is 0 Å². The van der Waals surface area contributed by atoms with Crippen LogP contribution in [0.4, 0.5) is 5.82 Å². The summed E-state index contributed by atoms with van der Waals surface area (Å²) in [4.78, 5) is 10.1. The Labute approximate surface area is 112 Å².